The number of rotatable bonds is 11. The van der Waals surface area contributed by atoms with Crippen LogP contribution in [0.2, 0.25) is 0 Å². The summed E-state index contributed by atoms with van der Waals surface area (Å²) in [6.45, 7) is 4.47. The van der Waals surface area contributed by atoms with E-state index >= 15 is 0 Å². The van der Waals surface area contributed by atoms with Crippen molar-refractivity contribution in [3.63, 3.8) is 0 Å². The molecule has 0 amide bonds. The van der Waals surface area contributed by atoms with E-state index in [1.807, 2.05) is 12.4 Å². The average molecular weight is 250 g/mol. The Kier molecular flexibility index (Phi) is 9.59. The third kappa shape index (κ3) is 8.32. The number of aliphatic imine (C=N–C) groups is 1. The van der Waals surface area contributed by atoms with Crippen LogP contribution in [0.3, 0.4) is 0 Å². The molecule has 0 spiro atoms. The SMILES string of the molecule is CCCCCCCCCCCCN1C=CN=CC1. The Balaban J connectivity index is 1.76. The number of hydrogen-bond donors (Lipinski definition) is 0. The highest BCUT2D eigenvalue weighted by Crippen LogP contribution is 2.11. The van der Waals surface area contributed by atoms with E-state index in [2.05, 4.69) is 23.0 Å². The highest BCUT2D eigenvalue weighted by Gasteiger charge is 1.99. The maximum atomic E-state index is 4.08. The summed E-state index contributed by atoms with van der Waals surface area (Å²) in [6, 6.07) is 0. The zero-order chi connectivity index (χ0) is 12.9. The summed E-state index contributed by atoms with van der Waals surface area (Å²) in [5.41, 5.74) is 0. The van der Waals surface area contributed by atoms with Gasteiger partial charge < -0.3 is 4.90 Å². The molecule has 2 heteroatoms. The number of nitrogens with zero attached hydrogens (tertiary/aromatic N) is 2. The molecule has 0 aromatic rings. The molecule has 0 saturated carbocycles. The van der Waals surface area contributed by atoms with E-state index in [1.165, 1.54) is 70.8 Å². The van der Waals surface area contributed by atoms with Gasteiger partial charge in [0.1, 0.15) is 0 Å². The molecule has 2 nitrogen and oxygen atoms in total. The summed E-state index contributed by atoms with van der Waals surface area (Å²) in [4.78, 5) is 6.42. The number of unbranched alkanes of at least 4 members (excludes halogenated alkanes) is 9. The molecular weight excluding hydrogens is 220 g/mol. The molecule has 0 radical (unpaired) electrons. The first-order chi connectivity index (χ1) is 8.93. The maximum absolute atomic E-state index is 4.08. The van der Waals surface area contributed by atoms with Crippen molar-refractivity contribution in [1.29, 1.82) is 0 Å². The van der Waals surface area contributed by atoms with Gasteiger partial charge in [0, 0.05) is 25.2 Å². The third-order valence-electron chi connectivity index (χ3n) is 3.58. The quantitative estimate of drug-likeness (QED) is 0.482. The van der Waals surface area contributed by atoms with Crippen molar-refractivity contribution in [2.24, 2.45) is 4.99 Å². The second kappa shape index (κ2) is 11.3. The predicted octanol–water partition coefficient (Wildman–Crippen LogP) is 4.76. The Hall–Kier alpha value is -0.790. The van der Waals surface area contributed by atoms with E-state index in [0.29, 0.717) is 0 Å². The molecule has 1 heterocycles. The van der Waals surface area contributed by atoms with Crippen molar-refractivity contribution < 1.29 is 0 Å². The van der Waals surface area contributed by atoms with Gasteiger partial charge in [-0.1, -0.05) is 64.7 Å². The van der Waals surface area contributed by atoms with Crippen LogP contribution in [0.25, 0.3) is 0 Å². The van der Waals surface area contributed by atoms with E-state index in [9.17, 15) is 0 Å². The molecule has 0 fully saturated rings. The summed E-state index contributed by atoms with van der Waals surface area (Å²) >= 11 is 0. The standard InChI is InChI=1S/C16H30N2/c1-2-3-4-5-6-7-8-9-10-11-14-18-15-12-17-13-16-18/h12-13,15H,2-11,14,16H2,1H3. The molecule has 0 saturated heterocycles. The highest BCUT2D eigenvalue weighted by molar-refractivity contribution is 5.61. The summed E-state index contributed by atoms with van der Waals surface area (Å²) in [7, 11) is 0. The molecule has 0 N–H and O–H groups in total. The van der Waals surface area contributed by atoms with E-state index < -0.39 is 0 Å². The highest BCUT2D eigenvalue weighted by atomic mass is 15.1. The van der Waals surface area contributed by atoms with Crippen LogP contribution in [0.15, 0.2) is 17.4 Å². The van der Waals surface area contributed by atoms with Gasteiger partial charge in [0.05, 0.1) is 6.54 Å². The van der Waals surface area contributed by atoms with Crippen molar-refractivity contribution in [2.75, 3.05) is 13.1 Å². The van der Waals surface area contributed by atoms with E-state index in [4.69, 9.17) is 0 Å². The van der Waals surface area contributed by atoms with Crippen molar-refractivity contribution in [3.8, 4) is 0 Å². The summed E-state index contributed by atoms with van der Waals surface area (Å²) in [5, 5.41) is 0. The minimum atomic E-state index is 0.994. The lowest BCUT2D eigenvalue weighted by Crippen LogP contribution is -2.22. The van der Waals surface area contributed by atoms with Crippen LogP contribution in [0.4, 0.5) is 0 Å². The minimum Gasteiger partial charge on any atom is -0.371 e. The number of hydrogen-bond acceptors (Lipinski definition) is 2. The van der Waals surface area contributed by atoms with Gasteiger partial charge in [0.25, 0.3) is 0 Å². The Morgan fingerprint density at radius 1 is 0.889 bits per heavy atom. The monoisotopic (exact) mass is 250 g/mol. The van der Waals surface area contributed by atoms with Crippen LogP contribution in [-0.2, 0) is 0 Å². The van der Waals surface area contributed by atoms with Crippen LogP contribution in [0.1, 0.15) is 71.1 Å². The molecule has 0 aromatic carbocycles. The van der Waals surface area contributed by atoms with Crippen LogP contribution in [-0.4, -0.2) is 24.2 Å². The molecule has 104 valence electrons. The zero-order valence-corrected chi connectivity index (χ0v) is 12.1. The fourth-order valence-corrected chi connectivity index (χ4v) is 2.37. The second-order valence-corrected chi connectivity index (χ2v) is 5.31. The first-order valence-electron chi connectivity index (χ1n) is 7.86. The molecule has 0 unspecified atom stereocenters. The van der Waals surface area contributed by atoms with Gasteiger partial charge in [0.15, 0.2) is 0 Å². The lowest BCUT2D eigenvalue weighted by Gasteiger charge is -2.19. The molecule has 0 bridgehead atoms. The maximum Gasteiger partial charge on any atom is 0.0527 e. The van der Waals surface area contributed by atoms with E-state index in [0.717, 1.165) is 6.54 Å². The Labute approximate surface area is 113 Å². The third-order valence-corrected chi connectivity index (χ3v) is 3.58. The van der Waals surface area contributed by atoms with Crippen molar-refractivity contribution in [1.82, 2.24) is 4.90 Å². The normalized spacial score (nSPS) is 14.4. The largest absolute Gasteiger partial charge is 0.371 e. The van der Waals surface area contributed by atoms with Gasteiger partial charge in [0.2, 0.25) is 0 Å². The van der Waals surface area contributed by atoms with Crippen LogP contribution >= 0.6 is 0 Å². The van der Waals surface area contributed by atoms with Crippen molar-refractivity contribution >= 4 is 6.21 Å². The van der Waals surface area contributed by atoms with Gasteiger partial charge in [-0.25, -0.2) is 0 Å². The molecule has 1 rings (SSSR count). The topological polar surface area (TPSA) is 15.6 Å². The lowest BCUT2D eigenvalue weighted by atomic mass is 10.1. The molecule has 18 heavy (non-hydrogen) atoms. The predicted molar refractivity (Wildman–Crippen MR) is 81.0 cm³/mol. The van der Waals surface area contributed by atoms with Gasteiger partial charge in [-0.05, 0) is 6.42 Å². The molecular formula is C16H30N2. The Morgan fingerprint density at radius 3 is 2.06 bits per heavy atom. The molecule has 0 atom stereocenters. The van der Waals surface area contributed by atoms with Gasteiger partial charge >= 0.3 is 0 Å². The first-order valence-corrected chi connectivity index (χ1v) is 7.86. The smallest absolute Gasteiger partial charge is 0.0527 e. The van der Waals surface area contributed by atoms with Gasteiger partial charge in [-0.3, -0.25) is 4.99 Å². The summed E-state index contributed by atoms with van der Waals surface area (Å²) in [6.07, 6.45) is 20.1. The van der Waals surface area contributed by atoms with Crippen molar-refractivity contribution in [3.05, 3.63) is 12.4 Å². The van der Waals surface area contributed by atoms with Gasteiger partial charge in [-0.2, -0.15) is 0 Å². The van der Waals surface area contributed by atoms with E-state index in [-0.39, 0.29) is 0 Å². The summed E-state index contributed by atoms with van der Waals surface area (Å²) < 4.78 is 0. The first kappa shape index (κ1) is 15.3. The van der Waals surface area contributed by atoms with Crippen LogP contribution in [0.5, 0.6) is 0 Å². The van der Waals surface area contributed by atoms with Gasteiger partial charge in [-0.15, -0.1) is 0 Å². The van der Waals surface area contributed by atoms with Crippen LogP contribution < -0.4 is 0 Å². The molecule has 1 aliphatic rings. The second-order valence-electron chi connectivity index (χ2n) is 5.31. The Morgan fingerprint density at radius 2 is 1.50 bits per heavy atom. The fraction of sp³-hybridized carbons (Fsp3) is 0.812. The molecule has 0 aliphatic carbocycles. The molecule has 1 aliphatic heterocycles. The van der Waals surface area contributed by atoms with Crippen LogP contribution in [0, 0.1) is 0 Å². The van der Waals surface area contributed by atoms with Crippen molar-refractivity contribution in [2.45, 2.75) is 71.1 Å². The minimum absolute atomic E-state index is 0.994. The Bertz CT molecular complexity index is 233. The lowest BCUT2D eigenvalue weighted by molar-refractivity contribution is 0.402. The molecule has 0 aromatic heterocycles. The fourth-order valence-electron chi connectivity index (χ4n) is 2.37. The van der Waals surface area contributed by atoms with E-state index in [1.54, 1.807) is 0 Å². The zero-order valence-electron chi connectivity index (χ0n) is 12.1. The summed E-state index contributed by atoms with van der Waals surface area (Å²) in [5.74, 6) is 0. The average Bonchev–Trinajstić information content (AvgIpc) is 2.42.